The third-order valence-electron chi connectivity index (χ3n) is 3.68. The summed E-state index contributed by atoms with van der Waals surface area (Å²) in [6, 6.07) is 8.10. The van der Waals surface area contributed by atoms with Crippen molar-refractivity contribution in [2.75, 3.05) is 5.32 Å². The van der Waals surface area contributed by atoms with Gasteiger partial charge >= 0.3 is 0 Å². The lowest BCUT2D eigenvalue weighted by atomic mass is 10.3. The number of amides is 1. The number of hydrogen-bond acceptors (Lipinski definition) is 3. The third-order valence-corrected chi connectivity index (χ3v) is 5.03. The van der Waals surface area contributed by atoms with Crippen molar-refractivity contribution in [2.24, 2.45) is 7.05 Å². The van der Waals surface area contributed by atoms with Gasteiger partial charge in [0.25, 0.3) is 5.91 Å². The fraction of sp³-hybridized carbons (Fsp3) is 0.375. The number of aromatic nitrogens is 2. The Hall–Kier alpha value is -1.75. The fourth-order valence-electron chi connectivity index (χ4n) is 2.56. The molecule has 1 aromatic carbocycles. The molecule has 1 aromatic heterocycles. The van der Waals surface area contributed by atoms with E-state index in [1.807, 2.05) is 23.9 Å². The number of nitrogens with zero attached hydrogens (tertiary/aromatic N) is 2. The van der Waals surface area contributed by atoms with Crippen molar-refractivity contribution in [3.05, 3.63) is 42.2 Å². The zero-order valence-electron chi connectivity index (χ0n) is 12.1. The lowest BCUT2D eigenvalue weighted by Gasteiger charge is -2.09. The summed E-state index contributed by atoms with van der Waals surface area (Å²) in [5.74, 6) is -0.126. The van der Waals surface area contributed by atoms with Crippen LogP contribution in [0, 0.1) is 0 Å². The minimum Gasteiger partial charge on any atom is -0.322 e. The highest BCUT2D eigenvalue weighted by molar-refractivity contribution is 8.00. The van der Waals surface area contributed by atoms with Crippen LogP contribution >= 0.6 is 11.8 Å². The van der Waals surface area contributed by atoms with E-state index in [0.717, 1.165) is 10.9 Å². The molecule has 110 valence electrons. The molecule has 1 fully saturated rings. The van der Waals surface area contributed by atoms with Gasteiger partial charge in [-0.15, -0.1) is 11.8 Å². The van der Waals surface area contributed by atoms with Crippen molar-refractivity contribution in [3.8, 4) is 0 Å². The SMILES string of the molecule is Cn1cc(C(=O)Nc2ccc(SC3CCCC3)cc2)cn1. The molecular formula is C16H19N3OS. The molecule has 0 bridgehead atoms. The number of aryl methyl sites for hydroxylation is 1. The first-order chi connectivity index (χ1) is 10.2. The minimum atomic E-state index is -0.126. The number of thioether (sulfide) groups is 1. The minimum absolute atomic E-state index is 0.126. The molecule has 1 N–H and O–H groups in total. The highest BCUT2D eigenvalue weighted by Crippen LogP contribution is 2.34. The molecule has 1 aliphatic rings. The molecule has 2 aromatic rings. The largest absolute Gasteiger partial charge is 0.322 e. The standard InChI is InChI=1S/C16H19N3OS/c1-19-11-12(10-17-19)16(20)18-13-6-8-15(9-7-13)21-14-4-2-3-5-14/h6-11,14H,2-5H2,1H3,(H,18,20). The lowest BCUT2D eigenvalue weighted by molar-refractivity contribution is 0.102. The Morgan fingerprint density at radius 3 is 2.62 bits per heavy atom. The summed E-state index contributed by atoms with van der Waals surface area (Å²) in [4.78, 5) is 13.3. The first kappa shape index (κ1) is 14.2. The van der Waals surface area contributed by atoms with Gasteiger partial charge in [-0.1, -0.05) is 12.8 Å². The van der Waals surface area contributed by atoms with E-state index in [1.54, 1.807) is 24.1 Å². The van der Waals surface area contributed by atoms with Crippen LogP contribution < -0.4 is 5.32 Å². The number of hydrogen-bond donors (Lipinski definition) is 1. The van der Waals surface area contributed by atoms with Gasteiger partial charge in [0.05, 0.1) is 11.8 Å². The van der Waals surface area contributed by atoms with E-state index in [9.17, 15) is 4.79 Å². The van der Waals surface area contributed by atoms with Gasteiger partial charge in [0.15, 0.2) is 0 Å². The van der Waals surface area contributed by atoms with Gasteiger partial charge in [0, 0.05) is 29.1 Å². The molecule has 21 heavy (non-hydrogen) atoms. The molecule has 3 rings (SSSR count). The molecule has 0 saturated heterocycles. The van der Waals surface area contributed by atoms with E-state index in [2.05, 4.69) is 22.5 Å². The van der Waals surface area contributed by atoms with Crippen molar-refractivity contribution in [2.45, 2.75) is 35.8 Å². The zero-order valence-corrected chi connectivity index (χ0v) is 12.9. The number of benzene rings is 1. The van der Waals surface area contributed by atoms with E-state index in [0.29, 0.717) is 5.56 Å². The molecule has 0 spiro atoms. The lowest BCUT2D eigenvalue weighted by Crippen LogP contribution is -2.10. The van der Waals surface area contributed by atoms with Crippen molar-refractivity contribution < 1.29 is 4.79 Å². The monoisotopic (exact) mass is 301 g/mol. The van der Waals surface area contributed by atoms with Gasteiger partial charge < -0.3 is 5.32 Å². The van der Waals surface area contributed by atoms with Gasteiger partial charge in [-0.3, -0.25) is 9.48 Å². The van der Waals surface area contributed by atoms with Crippen LogP contribution in [0.2, 0.25) is 0 Å². The Balaban J connectivity index is 1.60. The molecule has 0 radical (unpaired) electrons. The van der Waals surface area contributed by atoms with E-state index in [4.69, 9.17) is 0 Å². The predicted octanol–water partition coefficient (Wildman–Crippen LogP) is 3.71. The molecule has 0 unspecified atom stereocenters. The maximum absolute atomic E-state index is 12.0. The van der Waals surface area contributed by atoms with Crippen molar-refractivity contribution in [1.29, 1.82) is 0 Å². The quantitative estimate of drug-likeness (QED) is 0.936. The van der Waals surface area contributed by atoms with Crippen LogP contribution in [0.4, 0.5) is 5.69 Å². The molecule has 1 aliphatic carbocycles. The number of carbonyl (C=O) groups excluding carboxylic acids is 1. The first-order valence-corrected chi connectivity index (χ1v) is 8.15. The predicted molar refractivity (Wildman–Crippen MR) is 85.7 cm³/mol. The number of nitrogens with one attached hydrogen (secondary N) is 1. The Morgan fingerprint density at radius 1 is 1.29 bits per heavy atom. The second kappa shape index (κ2) is 6.35. The van der Waals surface area contributed by atoms with Crippen LogP contribution in [0.25, 0.3) is 0 Å². The van der Waals surface area contributed by atoms with Crippen LogP contribution in [0.15, 0.2) is 41.6 Å². The Labute approximate surface area is 128 Å². The summed E-state index contributed by atoms with van der Waals surface area (Å²) in [7, 11) is 1.80. The molecule has 4 nitrogen and oxygen atoms in total. The number of rotatable bonds is 4. The topological polar surface area (TPSA) is 46.9 Å². The van der Waals surface area contributed by atoms with Crippen LogP contribution in [0.5, 0.6) is 0 Å². The number of anilines is 1. The van der Waals surface area contributed by atoms with Crippen molar-refractivity contribution in [1.82, 2.24) is 9.78 Å². The van der Waals surface area contributed by atoms with Gasteiger partial charge in [-0.05, 0) is 37.1 Å². The second-order valence-electron chi connectivity index (χ2n) is 5.41. The van der Waals surface area contributed by atoms with Crippen LogP contribution in [-0.4, -0.2) is 20.9 Å². The van der Waals surface area contributed by atoms with Crippen molar-refractivity contribution in [3.63, 3.8) is 0 Å². The second-order valence-corrected chi connectivity index (χ2v) is 6.78. The van der Waals surface area contributed by atoms with E-state index >= 15 is 0 Å². The third kappa shape index (κ3) is 3.67. The molecule has 5 heteroatoms. The van der Waals surface area contributed by atoms with Gasteiger partial charge in [0.1, 0.15) is 0 Å². The summed E-state index contributed by atoms with van der Waals surface area (Å²) >= 11 is 1.95. The van der Waals surface area contributed by atoms with Crippen LogP contribution in [0.1, 0.15) is 36.0 Å². The Morgan fingerprint density at radius 2 is 2.00 bits per heavy atom. The average Bonchev–Trinajstić information content (AvgIpc) is 3.12. The summed E-state index contributed by atoms with van der Waals surface area (Å²) in [5.41, 5.74) is 1.39. The number of carbonyl (C=O) groups is 1. The summed E-state index contributed by atoms with van der Waals surface area (Å²) in [6.45, 7) is 0. The van der Waals surface area contributed by atoms with Gasteiger partial charge in [-0.2, -0.15) is 5.10 Å². The highest BCUT2D eigenvalue weighted by atomic mass is 32.2. The maximum Gasteiger partial charge on any atom is 0.258 e. The Kier molecular flexibility index (Phi) is 4.29. The molecule has 1 amide bonds. The fourth-order valence-corrected chi connectivity index (χ4v) is 3.80. The van der Waals surface area contributed by atoms with Crippen molar-refractivity contribution >= 4 is 23.4 Å². The van der Waals surface area contributed by atoms with E-state index in [-0.39, 0.29) is 5.91 Å². The smallest absolute Gasteiger partial charge is 0.258 e. The molecule has 1 saturated carbocycles. The maximum atomic E-state index is 12.0. The Bertz CT molecular complexity index is 615. The van der Waals surface area contributed by atoms with E-state index in [1.165, 1.54) is 30.6 Å². The van der Waals surface area contributed by atoms with Gasteiger partial charge in [0.2, 0.25) is 0 Å². The summed E-state index contributed by atoms with van der Waals surface area (Å²) in [5, 5.41) is 7.66. The van der Waals surface area contributed by atoms with Gasteiger partial charge in [-0.25, -0.2) is 0 Å². The molecule has 0 aliphatic heterocycles. The molecule has 0 atom stereocenters. The first-order valence-electron chi connectivity index (χ1n) is 7.27. The highest BCUT2D eigenvalue weighted by Gasteiger charge is 2.16. The zero-order chi connectivity index (χ0) is 14.7. The van der Waals surface area contributed by atoms with E-state index < -0.39 is 0 Å². The molecule has 1 heterocycles. The average molecular weight is 301 g/mol. The van der Waals surface area contributed by atoms with Crippen LogP contribution in [-0.2, 0) is 7.05 Å². The molecular weight excluding hydrogens is 282 g/mol. The van der Waals surface area contributed by atoms with Crippen LogP contribution in [0.3, 0.4) is 0 Å². The summed E-state index contributed by atoms with van der Waals surface area (Å²) in [6.07, 6.45) is 8.64. The summed E-state index contributed by atoms with van der Waals surface area (Å²) < 4.78 is 1.62. The normalized spacial score (nSPS) is 15.3.